The number of anilines is 1. The van der Waals surface area contributed by atoms with Crippen molar-refractivity contribution in [1.82, 2.24) is 0 Å². The van der Waals surface area contributed by atoms with Crippen LogP contribution < -0.4 is 5.32 Å². The van der Waals surface area contributed by atoms with Crippen molar-refractivity contribution < 1.29 is 9.90 Å². The van der Waals surface area contributed by atoms with Crippen LogP contribution in [0.5, 0.6) is 0 Å². The average molecular weight is 253 g/mol. The summed E-state index contributed by atoms with van der Waals surface area (Å²) in [5, 5.41) is 13.7. The molecule has 0 aromatic heterocycles. The van der Waals surface area contributed by atoms with Crippen LogP contribution >= 0.6 is 0 Å². The molecule has 1 aliphatic rings. The van der Waals surface area contributed by atoms with Crippen LogP contribution in [-0.4, -0.2) is 11.0 Å². The number of aryl methyl sites for hydroxylation is 2. The molecule has 2 aromatic carbocycles. The Balaban J connectivity index is 2.25. The molecule has 3 heteroatoms. The first-order valence-corrected chi connectivity index (χ1v) is 6.24. The Morgan fingerprint density at radius 3 is 2.37 bits per heavy atom. The van der Waals surface area contributed by atoms with Crippen LogP contribution in [0.25, 0.3) is 0 Å². The molecule has 0 aliphatic carbocycles. The van der Waals surface area contributed by atoms with E-state index in [2.05, 4.69) is 5.32 Å². The molecule has 0 fully saturated rings. The highest BCUT2D eigenvalue weighted by Crippen LogP contribution is 2.40. The van der Waals surface area contributed by atoms with Crippen LogP contribution in [0.4, 0.5) is 5.69 Å². The molecule has 0 bridgehead atoms. The van der Waals surface area contributed by atoms with E-state index >= 15 is 0 Å². The van der Waals surface area contributed by atoms with Crippen LogP contribution in [0.1, 0.15) is 22.3 Å². The third kappa shape index (κ3) is 1.66. The van der Waals surface area contributed by atoms with Gasteiger partial charge in [-0.1, -0.05) is 47.5 Å². The zero-order chi connectivity index (χ0) is 13.6. The van der Waals surface area contributed by atoms with Gasteiger partial charge in [-0.15, -0.1) is 0 Å². The molecule has 1 unspecified atom stereocenters. The van der Waals surface area contributed by atoms with E-state index in [0.29, 0.717) is 16.8 Å². The molecule has 3 rings (SSSR count). The van der Waals surface area contributed by atoms with E-state index in [4.69, 9.17) is 0 Å². The van der Waals surface area contributed by atoms with Gasteiger partial charge >= 0.3 is 0 Å². The summed E-state index contributed by atoms with van der Waals surface area (Å²) in [4.78, 5) is 12.2. The Morgan fingerprint density at radius 1 is 1.05 bits per heavy atom. The molecule has 19 heavy (non-hydrogen) atoms. The fraction of sp³-hybridized carbons (Fsp3) is 0.188. The molecule has 1 heterocycles. The van der Waals surface area contributed by atoms with Gasteiger partial charge in [-0.3, -0.25) is 4.79 Å². The van der Waals surface area contributed by atoms with Crippen molar-refractivity contribution in [3.05, 3.63) is 64.7 Å². The predicted octanol–water partition coefficient (Wildman–Crippen LogP) is 2.49. The number of para-hydroxylation sites is 1. The van der Waals surface area contributed by atoms with Gasteiger partial charge in [0.15, 0.2) is 5.60 Å². The van der Waals surface area contributed by atoms with Crippen molar-refractivity contribution in [3.63, 3.8) is 0 Å². The van der Waals surface area contributed by atoms with Crippen molar-refractivity contribution in [2.24, 2.45) is 0 Å². The average Bonchev–Trinajstić information content (AvgIpc) is 2.62. The van der Waals surface area contributed by atoms with E-state index in [9.17, 15) is 9.90 Å². The normalized spacial score (nSPS) is 21.1. The molecule has 0 radical (unpaired) electrons. The van der Waals surface area contributed by atoms with Crippen molar-refractivity contribution in [2.75, 3.05) is 5.32 Å². The van der Waals surface area contributed by atoms with Crippen LogP contribution in [0.15, 0.2) is 42.5 Å². The number of carbonyl (C=O) groups is 1. The number of fused-ring (bicyclic) bond motifs is 1. The molecule has 0 saturated carbocycles. The summed E-state index contributed by atoms with van der Waals surface area (Å²) in [7, 11) is 0. The second-order valence-corrected chi connectivity index (χ2v) is 5.09. The molecule has 1 aliphatic heterocycles. The molecule has 96 valence electrons. The molecular weight excluding hydrogens is 238 g/mol. The maximum Gasteiger partial charge on any atom is 0.265 e. The lowest BCUT2D eigenvalue weighted by Crippen LogP contribution is -2.35. The van der Waals surface area contributed by atoms with Gasteiger partial charge in [-0.25, -0.2) is 0 Å². The smallest absolute Gasteiger partial charge is 0.265 e. The number of aliphatic hydroxyl groups is 1. The third-order valence-corrected chi connectivity index (χ3v) is 3.53. The van der Waals surface area contributed by atoms with Gasteiger partial charge in [-0.05, 0) is 25.5 Å². The SMILES string of the molecule is Cc1cc(C)cc(C2(O)C(=O)Nc3ccccc32)c1. The number of nitrogens with one attached hydrogen (secondary N) is 1. The molecule has 2 N–H and O–H groups in total. The molecule has 1 atom stereocenters. The Labute approximate surface area is 111 Å². The Kier molecular flexibility index (Phi) is 2.47. The Bertz CT molecular complexity index is 658. The first-order chi connectivity index (χ1) is 9.01. The highest BCUT2D eigenvalue weighted by atomic mass is 16.3. The zero-order valence-electron chi connectivity index (χ0n) is 10.9. The molecular formula is C16H15NO2. The summed E-state index contributed by atoms with van der Waals surface area (Å²) in [6.07, 6.45) is 0. The van der Waals surface area contributed by atoms with Crippen LogP contribution in [-0.2, 0) is 10.4 Å². The third-order valence-electron chi connectivity index (χ3n) is 3.53. The van der Waals surface area contributed by atoms with Crippen LogP contribution in [0, 0.1) is 13.8 Å². The van der Waals surface area contributed by atoms with Gasteiger partial charge in [-0.2, -0.15) is 0 Å². The lowest BCUT2D eigenvalue weighted by Gasteiger charge is -2.22. The molecule has 3 nitrogen and oxygen atoms in total. The number of hydrogen-bond donors (Lipinski definition) is 2. The second-order valence-electron chi connectivity index (χ2n) is 5.09. The van der Waals surface area contributed by atoms with Crippen molar-refractivity contribution in [2.45, 2.75) is 19.4 Å². The fourth-order valence-corrected chi connectivity index (χ4v) is 2.71. The largest absolute Gasteiger partial charge is 0.372 e. The molecule has 0 spiro atoms. The number of benzene rings is 2. The summed E-state index contributed by atoms with van der Waals surface area (Å²) in [6.45, 7) is 3.91. The Hall–Kier alpha value is -2.13. The Morgan fingerprint density at radius 2 is 1.68 bits per heavy atom. The van der Waals surface area contributed by atoms with Gasteiger partial charge in [0.25, 0.3) is 5.91 Å². The second kappa shape index (κ2) is 3.93. The topological polar surface area (TPSA) is 49.3 Å². The molecule has 2 aromatic rings. The van der Waals surface area contributed by atoms with E-state index in [1.165, 1.54) is 0 Å². The van der Waals surface area contributed by atoms with Gasteiger partial charge in [0, 0.05) is 11.3 Å². The number of amides is 1. The van der Waals surface area contributed by atoms with Crippen molar-refractivity contribution in [1.29, 1.82) is 0 Å². The lowest BCUT2D eigenvalue weighted by atomic mass is 9.86. The van der Waals surface area contributed by atoms with E-state index in [1.54, 1.807) is 12.1 Å². The quantitative estimate of drug-likeness (QED) is 0.820. The standard InChI is InChI=1S/C16H15NO2/c1-10-7-11(2)9-12(8-10)16(19)13-5-3-4-6-14(13)17-15(16)18/h3-9,19H,1-2H3,(H,17,18). The molecule has 1 amide bonds. The first kappa shape index (κ1) is 11.9. The summed E-state index contributed by atoms with van der Waals surface area (Å²) in [5.41, 5.74) is 2.38. The monoisotopic (exact) mass is 253 g/mol. The number of rotatable bonds is 1. The van der Waals surface area contributed by atoms with E-state index in [-0.39, 0.29) is 0 Å². The summed E-state index contributed by atoms with van der Waals surface area (Å²) < 4.78 is 0. The van der Waals surface area contributed by atoms with Crippen LogP contribution in [0.2, 0.25) is 0 Å². The lowest BCUT2D eigenvalue weighted by molar-refractivity contribution is -0.129. The van der Waals surface area contributed by atoms with Crippen LogP contribution in [0.3, 0.4) is 0 Å². The summed E-state index contributed by atoms with van der Waals surface area (Å²) in [5.74, 6) is -0.390. The van der Waals surface area contributed by atoms with Crippen molar-refractivity contribution in [3.8, 4) is 0 Å². The maximum atomic E-state index is 12.2. The summed E-state index contributed by atoms with van der Waals surface area (Å²) >= 11 is 0. The van der Waals surface area contributed by atoms with Gasteiger partial charge in [0.05, 0.1) is 0 Å². The highest BCUT2D eigenvalue weighted by molar-refractivity contribution is 6.07. The summed E-state index contributed by atoms with van der Waals surface area (Å²) in [6, 6.07) is 13.0. The highest BCUT2D eigenvalue weighted by Gasteiger charge is 2.46. The maximum absolute atomic E-state index is 12.2. The van der Waals surface area contributed by atoms with E-state index in [1.807, 2.05) is 44.2 Å². The number of carbonyl (C=O) groups excluding carboxylic acids is 1. The minimum absolute atomic E-state index is 0.390. The first-order valence-electron chi connectivity index (χ1n) is 6.24. The number of hydrogen-bond acceptors (Lipinski definition) is 2. The minimum atomic E-state index is -1.59. The minimum Gasteiger partial charge on any atom is -0.372 e. The van der Waals surface area contributed by atoms with Crippen molar-refractivity contribution >= 4 is 11.6 Å². The van der Waals surface area contributed by atoms with E-state index in [0.717, 1.165) is 11.1 Å². The zero-order valence-corrected chi connectivity index (χ0v) is 10.9. The fourth-order valence-electron chi connectivity index (χ4n) is 2.71. The molecule has 0 saturated heterocycles. The van der Waals surface area contributed by atoms with Gasteiger partial charge < -0.3 is 10.4 Å². The van der Waals surface area contributed by atoms with E-state index < -0.39 is 11.5 Å². The predicted molar refractivity (Wildman–Crippen MR) is 74.0 cm³/mol. The van der Waals surface area contributed by atoms with Gasteiger partial charge in [0.2, 0.25) is 0 Å². The van der Waals surface area contributed by atoms with Gasteiger partial charge in [0.1, 0.15) is 0 Å².